The molecule has 13 heteroatoms. The number of ether oxygens (including phenoxy) is 1. The summed E-state index contributed by atoms with van der Waals surface area (Å²) < 4.78 is 8.95. The zero-order valence-corrected chi connectivity index (χ0v) is 36.7. The van der Waals surface area contributed by atoms with Gasteiger partial charge >= 0.3 is 5.97 Å². The van der Waals surface area contributed by atoms with Crippen LogP contribution >= 0.6 is 46.7 Å². The van der Waals surface area contributed by atoms with Crippen LogP contribution in [-0.4, -0.2) is 46.9 Å². The van der Waals surface area contributed by atoms with Gasteiger partial charge in [0.2, 0.25) is 0 Å². The van der Waals surface area contributed by atoms with Crippen LogP contribution in [0, 0.1) is 0 Å². The first-order valence-corrected chi connectivity index (χ1v) is 21.8. The second-order valence-corrected chi connectivity index (χ2v) is 17.7. The van der Waals surface area contributed by atoms with E-state index in [9.17, 15) is 9.90 Å². The largest absolute Gasteiger partial charge is 0.465 e. The highest BCUT2D eigenvalue weighted by Crippen LogP contribution is 2.40. The van der Waals surface area contributed by atoms with Crippen LogP contribution in [-0.2, 0) is 10.3 Å². The monoisotopic (exact) mass is 890 g/mol. The number of benzene rings is 4. The molecular weight excluding hydrogens is 856 g/mol. The van der Waals surface area contributed by atoms with Gasteiger partial charge in [-0.05, 0) is 104 Å². The van der Waals surface area contributed by atoms with Crippen LogP contribution in [0.5, 0.6) is 0 Å². The topological polar surface area (TPSA) is 107 Å². The molecule has 10 rings (SSSR count). The molecule has 6 aromatic heterocycles. The lowest BCUT2D eigenvalue weighted by Gasteiger charge is -2.17. The van der Waals surface area contributed by atoms with Gasteiger partial charge in [0.1, 0.15) is 32.5 Å². The Morgan fingerprint density at radius 3 is 1.47 bits per heavy atom. The highest BCUT2D eigenvalue weighted by molar-refractivity contribution is 7.99. The normalized spacial score (nSPS) is 11.6. The number of aromatic nitrogens is 6. The van der Waals surface area contributed by atoms with E-state index in [1.807, 2.05) is 128 Å². The fourth-order valence-electron chi connectivity index (χ4n) is 6.95. The second-order valence-electron chi connectivity index (χ2n) is 14.7. The first kappa shape index (κ1) is 41.2. The molecule has 1 N–H and O–H groups in total. The van der Waals surface area contributed by atoms with Gasteiger partial charge in [0, 0.05) is 66.5 Å². The van der Waals surface area contributed by atoms with Crippen molar-refractivity contribution in [2.75, 3.05) is 7.11 Å². The lowest BCUT2D eigenvalue weighted by molar-refractivity contribution is 0.0600. The fourth-order valence-corrected chi connectivity index (χ4v) is 9.21. The molecule has 0 unspecified atom stereocenters. The number of carbonyl (C=O) groups is 1. The zero-order chi connectivity index (χ0) is 43.0. The number of nitrogens with zero attached hydrogens (tertiary/aromatic N) is 6. The van der Waals surface area contributed by atoms with E-state index in [0.29, 0.717) is 15.6 Å². The van der Waals surface area contributed by atoms with Gasteiger partial charge < -0.3 is 9.84 Å². The van der Waals surface area contributed by atoms with Crippen LogP contribution in [0.25, 0.3) is 55.6 Å². The molecule has 6 heterocycles. The van der Waals surface area contributed by atoms with Crippen LogP contribution in [0.4, 0.5) is 0 Å². The van der Waals surface area contributed by atoms with Gasteiger partial charge in [-0.25, -0.2) is 14.8 Å². The maximum atomic E-state index is 11.8. The van der Waals surface area contributed by atoms with Crippen molar-refractivity contribution >= 4 is 85.8 Å². The molecule has 306 valence electrons. The fraction of sp³-hybridized carbons (Fsp3) is 0.0816. The molecule has 0 fully saturated rings. The Morgan fingerprint density at radius 1 is 0.613 bits per heavy atom. The number of rotatable bonds is 8. The third-order valence-electron chi connectivity index (χ3n) is 10.1. The minimum absolute atomic E-state index is 0.368. The summed E-state index contributed by atoms with van der Waals surface area (Å²) in [5.41, 5.74) is 7.33. The summed E-state index contributed by atoms with van der Waals surface area (Å²) in [7, 11) is 1.37. The van der Waals surface area contributed by atoms with Crippen molar-refractivity contribution in [2.45, 2.75) is 39.3 Å². The van der Waals surface area contributed by atoms with Crippen molar-refractivity contribution in [3.05, 3.63) is 179 Å². The molecule has 0 aliphatic rings. The lowest BCUT2D eigenvalue weighted by Crippen LogP contribution is -2.14. The van der Waals surface area contributed by atoms with E-state index in [-0.39, 0.29) is 5.97 Å². The summed E-state index contributed by atoms with van der Waals surface area (Å²) in [5.74, 6) is -0.368. The summed E-state index contributed by atoms with van der Waals surface area (Å²) in [5, 5.41) is 15.7. The van der Waals surface area contributed by atoms with Crippen molar-refractivity contribution < 1.29 is 14.6 Å². The molecule has 0 saturated heterocycles. The molecule has 0 atom stereocenters. The van der Waals surface area contributed by atoms with E-state index in [4.69, 9.17) is 37.9 Å². The van der Waals surface area contributed by atoms with Gasteiger partial charge in [-0.3, -0.25) is 18.8 Å². The van der Waals surface area contributed by atoms with Crippen LogP contribution in [0.1, 0.15) is 29.8 Å². The molecule has 0 spiro atoms. The van der Waals surface area contributed by atoms with E-state index in [1.54, 1.807) is 61.9 Å². The number of esters is 1. The Morgan fingerprint density at radius 2 is 1.05 bits per heavy atom. The summed E-state index contributed by atoms with van der Waals surface area (Å²) in [4.78, 5) is 33.0. The Kier molecular flexibility index (Phi) is 11.5. The van der Waals surface area contributed by atoms with Crippen LogP contribution in [0.2, 0.25) is 10.0 Å². The number of pyridine rings is 4. The van der Waals surface area contributed by atoms with Crippen molar-refractivity contribution in [3.63, 3.8) is 0 Å². The van der Waals surface area contributed by atoms with E-state index in [2.05, 4.69) is 24.8 Å². The number of hydrogen-bond donors (Lipinski definition) is 1. The minimum atomic E-state index is -0.890. The molecule has 62 heavy (non-hydrogen) atoms. The third kappa shape index (κ3) is 8.37. The number of hydrogen-bond acceptors (Lipinski definition) is 9. The molecule has 4 aromatic carbocycles. The van der Waals surface area contributed by atoms with Gasteiger partial charge in [0.05, 0.1) is 18.3 Å². The first-order chi connectivity index (χ1) is 30.0. The van der Waals surface area contributed by atoms with Crippen molar-refractivity contribution in [1.82, 2.24) is 28.7 Å². The van der Waals surface area contributed by atoms with Crippen molar-refractivity contribution in [3.8, 4) is 22.5 Å². The van der Waals surface area contributed by atoms with E-state index in [0.717, 1.165) is 81.0 Å². The highest BCUT2D eigenvalue weighted by atomic mass is 35.5. The average Bonchev–Trinajstić information content (AvgIpc) is 3.86. The standard InChI is InChI=1S/C25H20ClN3OS.C24H16ClN3O2S/c1-25(2,30)18-7-5-17(6-8-18)22-24(31-20-11-9-19(26)10-12-20)29-15-13-16-4-3-14-27-21(16)23(29)28-22;1-30-24(29)17-6-4-16(5-7-17)21-23(31-19-10-8-18(25)9-11-19)28-14-12-15-3-2-13-26-20(15)22(28)27-21/h3-15,30H,1-2H3;2-14H,1H3. The molecule has 10 aromatic rings. The number of fused-ring (bicyclic) bond motifs is 6. The van der Waals surface area contributed by atoms with Crippen LogP contribution in [0.15, 0.2) is 178 Å². The summed E-state index contributed by atoms with van der Waals surface area (Å²) in [6.07, 6.45) is 7.62. The van der Waals surface area contributed by atoms with E-state index < -0.39 is 5.60 Å². The van der Waals surface area contributed by atoms with Gasteiger partial charge in [-0.1, -0.05) is 95.3 Å². The Balaban J connectivity index is 0.000000158. The predicted octanol–water partition coefficient (Wildman–Crippen LogP) is 12.7. The molecule has 0 saturated carbocycles. The zero-order valence-electron chi connectivity index (χ0n) is 33.5. The van der Waals surface area contributed by atoms with Gasteiger partial charge in [0.15, 0.2) is 11.3 Å². The van der Waals surface area contributed by atoms with Gasteiger partial charge in [0.25, 0.3) is 0 Å². The second kappa shape index (κ2) is 17.3. The van der Waals surface area contributed by atoms with E-state index >= 15 is 0 Å². The van der Waals surface area contributed by atoms with Gasteiger partial charge in [-0.15, -0.1) is 0 Å². The molecule has 0 aliphatic heterocycles. The summed E-state index contributed by atoms with van der Waals surface area (Å²) in [6.45, 7) is 3.57. The first-order valence-electron chi connectivity index (χ1n) is 19.4. The Labute approximate surface area is 375 Å². The van der Waals surface area contributed by atoms with Crippen molar-refractivity contribution in [2.24, 2.45) is 0 Å². The predicted molar refractivity (Wildman–Crippen MR) is 250 cm³/mol. The van der Waals surface area contributed by atoms with Gasteiger partial charge in [-0.2, -0.15) is 0 Å². The quantitative estimate of drug-likeness (QED) is 0.149. The number of carbonyl (C=O) groups excluding carboxylic acids is 1. The smallest absolute Gasteiger partial charge is 0.337 e. The van der Waals surface area contributed by atoms with Crippen LogP contribution in [0.3, 0.4) is 0 Å². The Hall–Kier alpha value is -6.21. The maximum absolute atomic E-state index is 11.8. The number of halogens is 2. The SMILES string of the molecule is CC(C)(O)c1ccc(-c2nc3c4ncccc4ccn3c2Sc2ccc(Cl)cc2)cc1.COC(=O)c1ccc(-c2nc3c4ncccc4ccn3c2Sc2ccc(Cl)cc2)cc1. The number of imidazole rings is 2. The molecule has 9 nitrogen and oxygen atoms in total. The molecule has 0 bridgehead atoms. The third-order valence-corrected chi connectivity index (χ3v) is 12.8. The number of methoxy groups -OCH3 is 1. The number of aliphatic hydroxyl groups is 1. The van der Waals surface area contributed by atoms with Crippen molar-refractivity contribution in [1.29, 1.82) is 0 Å². The van der Waals surface area contributed by atoms with Crippen LogP contribution < -0.4 is 0 Å². The molecular formula is C49H36Cl2N6O3S2. The minimum Gasteiger partial charge on any atom is -0.465 e. The lowest BCUT2D eigenvalue weighted by atomic mass is 9.97. The average molecular weight is 892 g/mol. The maximum Gasteiger partial charge on any atom is 0.337 e. The molecule has 0 amide bonds. The highest BCUT2D eigenvalue weighted by Gasteiger charge is 2.21. The van der Waals surface area contributed by atoms with E-state index in [1.165, 1.54) is 7.11 Å². The molecule has 0 radical (unpaired) electrons. The Bertz CT molecular complexity index is 3240. The summed E-state index contributed by atoms with van der Waals surface area (Å²) in [6, 6.07) is 42.7. The summed E-state index contributed by atoms with van der Waals surface area (Å²) >= 11 is 15.4. The molecule has 0 aliphatic carbocycles.